The van der Waals surface area contributed by atoms with E-state index in [1.54, 1.807) is 0 Å². The fourth-order valence-corrected chi connectivity index (χ4v) is 3.67. The van der Waals surface area contributed by atoms with Crippen molar-refractivity contribution in [1.82, 2.24) is 0 Å². The van der Waals surface area contributed by atoms with Crippen LogP contribution in [0.4, 0.5) is 0 Å². The number of thioether (sulfide) groups is 1. The summed E-state index contributed by atoms with van der Waals surface area (Å²) in [4.78, 5) is 12.8. The molecule has 0 fully saturated rings. The summed E-state index contributed by atoms with van der Waals surface area (Å²) in [5.74, 6) is 0.823. The van der Waals surface area contributed by atoms with Gasteiger partial charge in [-0.15, -0.1) is 11.8 Å². The zero-order chi connectivity index (χ0) is 12.5. The Morgan fingerprint density at radius 2 is 2.00 bits per heavy atom. The fourth-order valence-electron chi connectivity index (χ4n) is 2.46. The van der Waals surface area contributed by atoms with Gasteiger partial charge in [0.25, 0.3) is 0 Å². The van der Waals surface area contributed by atoms with E-state index in [2.05, 4.69) is 37.3 Å². The van der Waals surface area contributed by atoms with Crippen LogP contribution in [-0.4, -0.2) is 6.29 Å². The van der Waals surface area contributed by atoms with Crippen LogP contribution in [-0.2, 0) is 10.5 Å². The normalized spacial score (nSPS) is 17.5. The van der Waals surface area contributed by atoms with E-state index in [1.165, 1.54) is 16.0 Å². The minimum Gasteiger partial charge on any atom is -0.302 e. The summed E-state index contributed by atoms with van der Waals surface area (Å²) >= 11 is 1.83. The number of hydrogen-bond donors (Lipinski definition) is 0. The summed E-state index contributed by atoms with van der Waals surface area (Å²) in [6.07, 6.45) is 1.07. The van der Waals surface area contributed by atoms with E-state index in [-0.39, 0.29) is 5.92 Å². The van der Waals surface area contributed by atoms with Crippen molar-refractivity contribution in [3.8, 4) is 0 Å². The van der Waals surface area contributed by atoms with E-state index in [1.807, 2.05) is 23.9 Å². The van der Waals surface area contributed by atoms with Crippen molar-refractivity contribution < 1.29 is 4.79 Å². The quantitative estimate of drug-likeness (QED) is 0.717. The molecule has 0 aromatic heterocycles. The van der Waals surface area contributed by atoms with Crippen LogP contribution in [0.2, 0.25) is 0 Å². The number of aldehydes is 1. The van der Waals surface area contributed by atoms with Crippen LogP contribution in [0, 0.1) is 6.92 Å². The van der Waals surface area contributed by atoms with Crippen molar-refractivity contribution in [2.24, 2.45) is 0 Å². The molecule has 1 unspecified atom stereocenters. The van der Waals surface area contributed by atoms with Gasteiger partial charge in [-0.25, -0.2) is 0 Å². The van der Waals surface area contributed by atoms with E-state index in [0.717, 1.165) is 23.2 Å². The van der Waals surface area contributed by atoms with Crippen molar-refractivity contribution in [3.63, 3.8) is 0 Å². The Morgan fingerprint density at radius 1 is 1.17 bits per heavy atom. The molecular weight excluding hydrogens is 240 g/mol. The molecule has 0 N–H and O–H groups in total. The van der Waals surface area contributed by atoms with Crippen molar-refractivity contribution in [1.29, 1.82) is 0 Å². The number of benzene rings is 2. The summed E-state index contributed by atoms with van der Waals surface area (Å²) in [5, 5.41) is 0. The Kier molecular flexibility index (Phi) is 2.96. The first-order valence-electron chi connectivity index (χ1n) is 6.06. The summed E-state index contributed by atoms with van der Waals surface area (Å²) in [6, 6.07) is 14.6. The third-order valence-electron chi connectivity index (χ3n) is 3.41. The minimum absolute atomic E-state index is 0.119. The van der Waals surface area contributed by atoms with E-state index >= 15 is 0 Å². The second kappa shape index (κ2) is 4.62. The van der Waals surface area contributed by atoms with E-state index < -0.39 is 0 Å². The Bertz CT molecular complexity index is 604. The van der Waals surface area contributed by atoms with E-state index in [4.69, 9.17) is 0 Å². The van der Waals surface area contributed by atoms with Gasteiger partial charge in [0.15, 0.2) is 0 Å². The van der Waals surface area contributed by atoms with Gasteiger partial charge in [0.05, 0.1) is 5.92 Å². The van der Waals surface area contributed by atoms with Gasteiger partial charge in [-0.1, -0.05) is 36.4 Å². The van der Waals surface area contributed by atoms with Crippen molar-refractivity contribution >= 4 is 18.0 Å². The lowest BCUT2D eigenvalue weighted by atomic mass is 9.89. The lowest BCUT2D eigenvalue weighted by Gasteiger charge is -2.13. The molecule has 2 aromatic rings. The highest BCUT2D eigenvalue weighted by molar-refractivity contribution is 7.98. The topological polar surface area (TPSA) is 17.1 Å². The van der Waals surface area contributed by atoms with Gasteiger partial charge in [-0.2, -0.15) is 0 Å². The highest BCUT2D eigenvalue weighted by Crippen LogP contribution is 2.39. The average Bonchev–Trinajstić information content (AvgIpc) is 2.55. The molecule has 2 aromatic carbocycles. The van der Waals surface area contributed by atoms with Crippen LogP contribution >= 0.6 is 11.8 Å². The average molecular weight is 254 g/mol. The first-order chi connectivity index (χ1) is 8.79. The predicted octanol–water partition coefficient (Wildman–Crippen LogP) is 3.93. The third kappa shape index (κ3) is 1.87. The Hall–Kier alpha value is -1.54. The second-order valence-corrected chi connectivity index (χ2v) is 5.66. The van der Waals surface area contributed by atoms with Crippen molar-refractivity contribution in [3.05, 3.63) is 64.7 Å². The number of aryl methyl sites for hydroxylation is 1. The lowest BCUT2D eigenvalue weighted by Crippen LogP contribution is -2.04. The molecule has 1 aliphatic rings. The molecule has 1 aliphatic heterocycles. The maximum Gasteiger partial charge on any atom is 0.131 e. The predicted molar refractivity (Wildman–Crippen MR) is 75.1 cm³/mol. The first-order valence-corrected chi connectivity index (χ1v) is 7.04. The van der Waals surface area contributed by atoms with Crippen LogP contribution in [0.1, 0.15) is 28.2 Å². The highest BCUT2D eigenvalue weighted by atomic mass is 32.2. The molecular formula is C16H14OS. The summed E-state index contributed by atoms with van der Waals surface area (Å²) < 4.78 is 0. The number of rotatable bonds is 1. The van der Waals surface area contributed by atoms with Crippen LogP contribution in [0.3, 0.4) is 0 Å². The minimum atomic E-state index is -0.119. The number of hydrogen-bond acceptors (Lipinski definition) is 2. The number of carbonyl (C=O) groups excluding carboxylic acids is 1. The Labute approximate surface area is 111 Å². The van der Waals surface area contributed by atoms with Gasteiger partial charge in [0, 0.05) is 10.6 Å². The molecule has 0 spiro atoms. The van der Waals surface area contributed by atoms with Crippen LogP contribution < -0.4 is 0 Å². The molecule has 3 rings (SSSR count). The van der Waals surface area contributed by atoms with Gasteiger partial charge in [0.1, 0.15) is 6.29 Å². The third-order valence-corrected chi connectivity index (χ3v) is 4.53. The fraction of sp³-hybridized carbons (Fsp3) is 0.188. The lowest BCUT2D eigenvalue weighted by molar-refractivity contribution is -0.108. The Balaban J connectivity index is 2.21. The summed E-state index contributed by atoms with van der Waals surface area (Å²) in [6.45, 7) is 2.09. The molecule has 0 amide bonds. The zero-order valence-corrected chi connectivity index (χ0v) is 11.0. The van der Waals surface area contributed by atoms with Gasteiger partial charge >= 0.3 is 0 Å². The summed E-state index contributed by atoms with van der Waals surface area (Å²) in [7, 11) is 0. The highest BCUT2D eigenvalue weighted by Gasteiger charge is 2.23. The molecule has 2 heteroatoms. The SMILES string of the molecule is Cc1ccc2c(c1)SCc1ccccc1C2C=O. The molecule has 1 nitrogen and oxygen atoms in total. The van der Waals surface area contributed by atoms with E-state index in [0.29, 0.717) is 0 Å². The molecule has 0 radical (unpaired) electrons. The summed E-state index contributed by atoms with van der Waals surface area (Å²) in [5.41, 5.74) is 4.82. The first kappa shape index (κ1) is 11.5. The van der Waals surface area contributed by atoms with Gasteiger partial charge in [0.2, 0.25) is 0 Å². The monoisotopic (exact) mass is 254 g/mol. The maximum absolute atomic E-state index is 11.5. The van der Waals surface area contributed by atoms with Crippen LogP contribution in [0.15, 0.2) is 47.4 Å². The van der Waals surface area contributed by atoms with Crippen molar-refractivity contribution in [2.75, 3.05) is 0 Å². The number of carbonyl (C=O) groups is 1. The molecule has 0 saturated carbocycles. The largest absolute Gasteiger partial charge is 0.302 e. The van der Waals surface area contributed by atoms with Gasteiger partial charge < -0.3 is 4.79 Å². The van der Waals surface area contributed by atoms with Crippen LogP contribution in [0.25, 0.3) is 0 Å². The van der Waals surface area contributed by atoms with Crippen molar-refractivity contribution in [2.45, 2.75) is 23.5 Å². The molecule has 1 atom stereocenters. The smallest absolute Gasteiger partial charge is 0.131 e. The molecule has 1 heterocycles. The molecule has 90 valence electrons. The molecule has 0 saturated heterocycles. The molecule has 0 aliphatic carbocycles. The second-order valence-electron chi connectivity index (χ2n) is 4.64. The number of fused-ring (bicyclic) bond motifs is 2. The zero-order valence-electron chi connectivity index (χ0n) is 10.2. The van der Waals surface area contributed by atoms with Gasteiger partial charge in [-0.05, 0) is 35.2 Å². The molecule has 0 bridgehead atoms. The van der Waals surface area contributed by atoms with E-state index in [9.17, 15) is 4.79 Å². The van der Waals surface area contributed by atoms with Crippen LogP contribution in [0.5, 0.6) is 0 Å². The standard InChI is InChI=1S/C16H14OS/c1-11-6-7-14-15(9-17)13-5-3-2-4-12(13)10-18-16(14)8-11/h2-9,15H,10H2,1H3. The Morgan fingerprint density at radius 3 is 2.83 bits per heavy atom. The van der Waals surface area contributed by atoms with Gasteiger partial charge in [-0.3, -0.25) is 0 Å². The maximum atomic E-state index is 11.5. The molecule has 18 heavy (non-hydrogen) atoms.